The van der Waals surface area contributed by atoms with Gasteiger partial charge in [-0.2, -0.15) is 0 Å². The number of thiocarbonyl (C=S) groups is 1. The van der Waals surface area contributed by atoms with Crippen LogP contribution in [0.2, 0.25) is 0 Å². The zero-order valence-electron chi connectivity index (χ0n) is 13.9. The van der Waals surface area contributed by atoms with Gasteiger partial charge in [0.2, 0.25) is 0 Å². The predicted molar refractivity (Wildman–Crippen MR) is 101 cm³/mol. The van der Waals surface area contributed by atoms with Crippen LogP contribution in [0, 0.1) is 0 Å². The average molecular weight is 381 g/mol. The third kappa shape index (κ3) is 4.32. The second-order valence-electron chi connectivity index (χ2n) is 5.35. The van der Waals surface area contributed by atoms with Crippen molar-refractivity contribution in [3.8, 4) is 11.5 Å². The standard InChI is InChI=1S/C17H19NO5S2/c1-3-5-11(16(21)22)18-15(20)14(25-17(18)24)9-10-6-7-12(19)13(8-10)23-4-2/h6-9,11,19H,3-5H2,1-2H3,(H,21,22)/b14-9-. The maximum Gasteiger partial charge on any atom is 0.326 e. The molecule has 6 nitrogen and oxygen atoms in total. The molecule has 0 spiro atoms. The Balaban J connectivity index is 2.31. The molecule has 1 aliphatic heterocycles. The lowest BCUT2D eigenvalue weighted by molar-refractivity contribution is -0.145. The Hall–Kier alpha value is -2.06. The van der Waals surface area contributed by atoms with Gasteiger partial charge < -0.3 is 14.9 Å². The van der Waals surface area contributed by atoms with Gasteiger partial charge >= 0.3 is 5.97 Å². The quantitative estimate of drug-likeness (QED) is 0.554. The third-order valence-corrected chi connectivity index (χ3v) is 4.89. The highest BCUT2D eigenvalue weighted by atomic mass is 32.2. The molecule has 1 aromatic rings. The first-order chi connectivity index (χ1) is 11.9. The Kier molecular flexibility index (Phi) is 6.44. The fraction of sp³-hybridized carbons (Fsp3) is 0.353. The van der Waals surface area contributed by atoms with Crippen molar-refractivity contribution in [1.82, 2.24) is 4.90 Å². The van der Waals surface area contributed by atoms with Crippen LogP contribution in [-0.4, -0.2) is 44.0 Å². The summed E-state index contributed by atoms with van der Waals surface area (Å²) in [6.07, 6.45) is 2.58. The summed E-state index contributed by atoms with van der Waals surface area (Å²) in [5.41, 5.74) is 0.657. The number of aromatic hydroxyl groups is 1. The third-order valence-electron chi connectivity index (χ3n) is 3.56. The minimum Gasteiger partial charge on any atom is -0.504 e. The summed E-state index contributed by atoms with van der Waals surface area (Å²) >= 11 is 6.28. The van der Waals surface area contributed by atoms with Gasteiger partial charge in [0.05, 0.1) is 11.5 Å². The molecule has 0 radical (unpaired) electrons. The van der Waals surface area contributed by atoms with Crippen molar-refractivity contribution in [3.05, 3.63) is 28.7 Å². The minimum absolute atomic E-state index is 0.0143. The van der Waals surface area contributed by atoms with E-state index in [0.717, 1.165) is 11.8 Å². The molecular weight excluding hydrogens is 362 g/mol. The number of amides is 1. The number of nitrogens with zero attached hydrogens (tertiary/aromatic N) is 1. The fourth-order valence-corrected chi connectivity index (χ4v) is 3.78. The summed E-state index contributed by atoms with van der Waals surface area (Å²) in [5.74, 6) is -1.15. The molecule has 134 valence electrons. The van der Waals surface area contributed by atoms with Crippen molar-refractivity contribution in [3.63, 3.8) is 0 Å². The first kappa shape index (κ1) is 19.3. The van der Waals surface area contributed by atoms with Crippen LogP contribution in [0.25, 0.3) is 6.08 Å². The van der Waals surface area contributed by atoms with Gasteiger partial charge in [-0.05, 0) is 37.1 Å². The number of aliphatic carboxylic acids is 1. The highest BCUT2D eigenvalue weighted by Gasteiger charge is 2.39. The Morgan fingerprint density at radius 1 is 1.44 bits per heavy atom. The number of carboxylic acids is 1. The number of hydrogen-bond donors (Lipinski definition) is 2. The van der Waals surface area contributed by atoms with Crippen LogP contribution in [0.15, 0.2) is 23.1 Å². The molecule has 1 atom stereocenters. The molecule has 25 heavy (non-hydrogen) atoms. The Labute approximate surface area is 155 Å². The van der Waals surface area contributed by atoms with Gasteiger partial charge in [0.15, 0.2) is 11.5 Å². The van der Waals surface area contributed by atoms with E-state index in [4.69, 9.17) is 17.0 Å². The minimum atomic E-state index is -1.07. The molecule has 1 saturated heterocycles. The predicted octanol–water partition coefficient (Wildman–Crippen LogP) is 3.25. The molecule has 0 aromatic heterocycles. The molecular formula is C17H19NO5S2. The lowest BCUT2D eigenvalue weighted by Crippen LogP contribution is -2.43. The van der Waals surface area contributed by atoms with Crippen molar-refractivity contribution >= 4 is 46.3 Å². The molecule has 1 heterocycles. The number of carbonyl (C=O) groups excluding carboxylic acids is 1. The van der Waals surface area contributed by atoms with Crippen LogP contribution in [0.1, 0.15) is 32.3 Å². The first-order valence-corrected chi connectivity index (χ1v) is 9.07. The topological polar surface area (TPSA) is 87.1 Å². The molecule has 8 heteroatoms. The second kappa shape index (κ2) is 8.35. The van der Waals surface area contributed by atoms with Crippen LogP contribution in [-0.2, 0) is 9.59 Å². The lowest BCUT2D eigenvalue weighted by atomic mass is 10.1. The van der Waals surface area contributed by atoms with Gasteiger partial charge in [0, 0.05) is 0 Å². The van der Waals surface area contributed by atoms with Gasteiger partial charge in [-0.1, -0.05) is 43.4 Å². The van der Waals surface area contributed by atoms with Crippen molar-refractivity contribution < 1.29 is 24.5 Å². The SMILES string of the molecule is CCCC(C(=O)O)N1C(=O)/C(=C/c2ccc(O)c(OCC)c2)SC1=S. The monoisotopic (exact) mass is 381 g/mol. The van der Waals surface area contributed by atoms with Crippen LogP contribution in [0.3, 0.4) is 0 Å². The van der Waals surface area contributed by atoms with Crippen molar-refractivity contribution in [2.45, 2.75) is 32.7 Å². The van der Waals surface area contributed by atoms with E-state index in [1.54, 1.807) is 25.1 Å². The summed E-state index contributed by atoms with van der Waals surface area (Å²) in [7, 11) is 0. The van der Waals surface area contributed by atoms with Gasteiger partial charge in [0.25, 0.3) is 5.91 Å². The number of phenols is 1. The summed E-state index contributed by atoms with van der Waals surface area (Å²) in [5, 5.41) is 19.1. The summed E-state index contributed by atoms with van der Waals surface area (Å²) in [6, 6.07) is 3.79. The van der Waals surface area contributed by atoms with Crippen molar-refractivity contribution in [2.75, 3.05) is 6.61 Å². The zero-order chi connectivity index (χ0) is 18.6. The van der Waals surface area contributed by atoms with Gasteiger partial charge in [-0.25, -0.2) is 4.79 Å². The summed E-state index contributed by atoms with van der Waals surface area (Å²) in [6.45, 7) is 4.06. The zero-order valence-corrected chi connectivity index (χ0v) is 15.5. The molecule has 1 aliphatic rings. The molecule has 1 fully saturated rings. The van der Waals surface area contributed by atoms with Crippen LogP contribution >= 0.6 is 24.0 Å². The number of benzene rings is 1. The van der Waals surface area contributed by atoms with Crippen molar-refractivity contribution in [1.29, 1.82) is 0 Å². The number of carbonyl (C=O) groups is 2. The lowest BCUT2D eigenvalue weighted by Gasteiger charge is -2.22. The first-order valence-electron chi connectivity index (χ1n) is 7.84. The van der Waals surface area contributed by atoms with Gasteiger partial charge in [0.1, 0.15) is 10.4 Å². The normalized spacial score (nSPS) is 17.2. The van der Waals surface area contributed by atoms with Gasteiger partial charge in [-0.3, -0.25) is 9.69 Å². The Bertz CT molecular complexity index is 732. The van der Waals surface area contributed by atoms with Gasteiger partial charge in [-0.15, -0.1) is 0 Å². The molecule has 0 bridgehead atoms. The summed E-state index contributed by atoms with van der Waals surface area (Å²) in [4.78, 5) is 25.6. The van der Waals surface area contributed by atoms with E-state index in [0.29, 0.717) is 35.7 Å². The van der Waals surface area contributed by atoms with E-state index in [9.17, 15) is 19.8 Å². The molecule has 1 amide bonds. The molecule has 2 rings (SSSR count). The second-order valence-corrected chi connectivity index (χ2v) is 7.03. The van der Waals surface area contributed by atoms with E-state index in [2.05, 4.69) is 0 Å². The largest absolute Gasteiger partial charge is 0.504 e. The van der Waals surface area contributed by atoms with Crippen LogP contribution in [0.5, 0.6) is 11.5 Å². The average Bonchev–Trinajstić information content (AvgIpc) is 2.82. The fourth-order valence-electron chi connectivity index (χ4n) is 2.43. The van der Waals surface area contributed by atoms with E-state index in [-0.39, 0.29) is 10.1 Å². The molecule has 0 aliphatic carbocycles. The molecule has 1 unspecified atom stereocenters. The smallest absolute Gasteiger partial charge is 0.326 e. The number of hydrogen-bond acceptors (Lipinski definition) is 6. The van der Waals surface area contributed by atoms with Crippen molar-refractivity contribution in [2.24, 2.45) is 0 Å². The molecule has 1 aromatic carbocycles. The maximum absolute atomic E-state index is 12.6. The molecule has 2 N–H and O–H groups in total. The summed E-state index contributed by atoms with van der Waals surface area (Å²) < 4.78 is 5.56. The van der Waals surface area contributed by atoms with E-state index < -0.39 is 17.9 Å². The highest BCUT2D eigenvalue weighted by Crippen LogP contribution is 2.36. The van der Waals surface area contributed by atoms with E-state index >= 15 is 0 Å². The number of thioether (sulfide) groups is 1. The van der Waals surface area contributed by atoms with Crippen LogP contribution < -0.4 is 4.74 Å². The highest BCUT2D eigenvalue weighted by molar-refractivity contribution is 8.26. The molecule has 0 saturated carbocycles. The number of ether oxygens (including phenoxy) is 1. The Morgan fingerprint density at radius 2 is 2.16 bits per heavy atom. The van der Waals surface area contributed by atoms with E-state index in [1.807, 2.05) is 6.92 Å². The number of carboxylic acid groups (broad SMARTS) is 1. The Morgan fingerprint density at radius 3 is 2.76 bits per heavy atom. The number of phenolic OH excluding ortho intramolecular Hbond substituents is 1. The number of rotatable bonds is 7. The van der Waals surface area contributed by atoms with E-state index in [1.165, 1.54) is 11.0 Å². The maximum atomic E-state index is 12.6. The van der Waals surface area contributed by atoms with Crippen LogP contribution in [0.4, 0.5) is 0 Å².